The van der Waals surface area contributed by atoms with Crippen molar-refractivity contribution in [2.75, 3.05) is 23.1 Å². The van der Waals surface area contributed by atoms with Crippen molar-refractivity contribution < 1.29 is 8.60 Å². The predicted molar refractivity (Wildman–Crippen MR) is 67.8 cm³/mol. The van der Waals surface area contributed by atoms with Crippen LogP contribution in [0.3, 0.4) is 0 Å². The van der Waals surface area contributed by atoms with Gasteiger partial charge in [-0.15, -0.1) is 0 Å². The van der Waals surface area contributed by atoms with Crippen LogP contribution < -0.4 is 11.1 Å². The minimum Gasteiger partial charge on any atom is -0.397 e. The summed E-state index contributed by atoms with van der Waals surface area (Å²) in [4.78, 5) is 0. The Morgan fingerprint density at radius 2 is 2.25 bits per heavy atom. The van der Waals surface area contributed by atoms with Gasteiger partial charge in [0.1, 0.15) is 5.82 Å². The van der Waals surface area contributed by atoms with Gasteiger partial charge in [-0.3, -0.25) is 4.21 Å². The Morgan fingerprint density at radius 1 is 1.62 bits per heavy atom. The second kappa shape index (κ2) is 5.50. The lowest BCUT2D eigenvalue weighted by molar-refractivity contribution is 0.629. The van der Waals surface area contributed by atoms with Gasteiger partial charge in [0.25, 0.3) is 0 Å². The summed E-state index contributed by atoms with van der Waals surface area (Å²) < 4.78 is 24.0. The van der Waals surface area contributed by atoms with Gasteiger partial charge in [-0.2, -0.15) is 0 Å². The summed E-state index contributed by atoms with van der Waals surface area (Å²) in [5.74, 6) is -0.0505. The molecule has 0 radical (unpaired) electrons. The van der Waals surface area contributed by atoms with Crippen LogP contribution in [0, 0.1) is 5.82 Å². The molecule has 0 saturated heterocycles. The molecule has 16 heavy (non-hydrogen) atoms. The van der Waals surface area contributed by atoms with E-state index in [4.69, 9.17) is 17.3 Å². The first-order valence-electron chi connectivity index (χ1n) is 4.71. The molecule has 0 aliphatic rings. The SMILES string of the molecule is CC(CS(C)=O)Nc1cc(Cl)c(F)cc1N. The van der Waals surface area contributed by atoms with E-state index in [0.29, 0.717) is 11.4 Å². The normalized spacial score (nSPS) is 14.5. The molecule has 0 spiro atoms. The Hall–Kier alpha value is -0.810. The molecule has 0 heterocycles. The number of nitrogens with two attached hydrogens (primary N) is 1. The van der Waals surface area contributed by atoms with Crippen molar-refractivity contribution in [2.24, 2.45) is 0 Å². The summed E-state index contributed by atoms with van der Waals surface area (Å²) in [6.45, 7) is 1.87. The monoisotopic (exact) mass is 264 g/mol. The van der Waals surface area contributed by atoms with Crippen molar-refractivity contribution in [1.82, 2.24) is 0 Å². The van der Waals surface area contributed by atoms with Crippen LogP contribution in [-0.2, 0) is 10.8 Å². The highest BCUT2D eigenvalue weighted by molar-refractivity contribution is 7.84. The molecule has 3 nitrogen and oxygen atoms in total. The molecule has 90 valence electrons. The number of hydrogen-bond acceptors (Lipinski definition) is 3. The van der Waals surface area contributed by atoms with Gasteiger partial charge in [0.15, 0.2) is 0 Å². The number of halogens is 2. The van der Waals surface area contributed by atoms with E-state index in [9.17, 15) is 8.60 Å². The van der Waals surface area contributed by atoms with Gasteiger partial charge in [0.2, 0.25) is 0 Å². The van der Waals surface area contributed by atoms with Gasteiger partial charge in [-0.1, -0.05) is 11.6 Å². The third-order valence-corrected chi connectivity index (χ3v) is 3.24. The molecular formula is C10H14ClFN2OS. The van der Waals surface area contributed by atoms with E-state index in [0.717, 1.165) is 0 Å². The lowest BCUT2D eigenvalue weighted by Gasteiger charge is -2.16. The van der Waals surface area contributed by atoms with Crippen LogP contribution in [0.2, 0.25) is 5.02 Å². The zero-order valence-electron chi connectivity index (χ0n) is 9.09. The number of anilines is 2. The van der Waals surface area contributed by atoms with Crippen LogP contribution in [0.25, 0.3) is 0 Å². The molecule has 0 aromatic heterocycles. The standard InChI is InChI=1S/C10H14ClFN2OS/c1-6(5-16(2)15)14-10-3-7(11)8(12)4-9(10)13/h3-4,6,14H,5,13H2,1-2H3. The van der Waals surface area contributed by atoms with E-state index in [1.54, 1.807) is 6.26 Å². The fourth-order valence-corrected chi connectivity index (χ4v) is 2.30. The largest absolute Gasteiger partial charge is 0.397 e. The molecule has 2 unspecified atom stereocenters. The fraction of sp³-hybridized carbons (Fsp3) is 0.400. The van der Waals surface area contributed by atoms with Gasteiger partial charge in [-0.25, -0.2) is 4.39 Å². The van der Waals surface area contributed by atoms with Crippen molar-refractivity contribution in [3.8, 4) is 0 Å². The lowest BCUT2D eigenvalue weighted by atomic mass is 10.2. The Kier molecular flexibility index (Phi) is 4.56. The number of nitrogens with one attached hydrogen (secondary N) is 1. The zero-order chi connectivity index (χ0) is 12.3. The maximum atomic E-state index is 13.0. The Morgan fingerprint density at radius 3 is 2.81 bits per heavy atom. The van der Waals surface area contributed by atoms with Crippen LogP contribution in [0.15, 0.2) is 12.1 Å². The molecule has 0 aliphatic heterocycles. The van der Waals surface area contributed by atoms with Crippen LogP contribution >= 0.6 is 11.6 Å². The number of hydrogen-bond donors (Lipinski definition) is 2. The van der Waals surface area contributed by atoms with Gasteiger partial charge in [0.05, 0.1) is 16.4 Å². The molecule has 2 atom stereocenters. The van der Waals surface area contributed by atoms with Crippen LogP contribution in [-0.4, -0.2) is 22.3 Å². The van der Waals surface area contributed by atoms with Gasteiger partial charge in [0, 0.05) is 34.9 Å². The lowest BCUT2D eigenvalue weighted by Crippen LogP contribution is -2.22. The molecule has 0 saturated carbocycles. The summed E-state index contributed by atoms with van der Waals surface area (Å²) in [7, 11) is -0.896. The zero-order valence-corrected chi connectivity index (χ0v) is 10.7. The van der Waals surface area contributed by atoms with Crippen LogP contribution in [0.1, 0.15) is 6.92 Å². The third kappa shape index (κ3) is 3.64. The third-order valence-electron chi connectivity index (χ3n) is 1.98. The molecule has 1 aromatic carbocycles. The first-order chi connectivity index (χ1) is 7.40. The van der Waals surface area contributed by atoms with Crippen LogP contribution in [0.5, 0.6) is 0 Å². The molecular weight excluding hydrogens is 251 g/mol. The molecule has 1 aromatic rings. The van der Waals surface area contributed by atoms with E-state index in [1.165, 1.54) is 12.1 Å². The Balaban J connectivity index is 2.81. The number of nitrogen functional groups attached to an aromatic ring is 1. The van der Waals surface area contributed by atoms with Gasteiger partial charge in [-0.05, 0) is 13.0 Å². The molecule has 3 N–H and O–H groups in total. The highest BCUT2D eigenvalue weighted by atomic mass is 35.5. The minimum atomic E-state index is -0.896. The van der Waals surface area contributed by atoms with Gasteiger partial charge < -0.3 is 11.1 Å². The average molecular weight is 265 g/mol. The first kappa shape index (κ1) is 13.3. The van der Waals surface area contributed by atoms with Crippen molar-refractivity contribution >= 4 is 33.8 Å². The van der Waals surface area contributed by atoms with Crippen LogP contribution in [0.4, 0.5) is 15.8 Å². The second-order valence-electron chi connectivity index (χ2n) is 3.64. The highest BCUT2D eigenvalue weighted by Gasteiger charge is 2.09. The van der Waals surface area contributed by atoms with Crippen molar-refractivity contribution in [2.45, 2.75) is 13.0 Å². The molecule has 1 rings (SSSR count). The molecule has 0 amide bonds. The first-order valence-corrected chi connectivity index (χ1v) is 6.81. The summed E-state index contributed by atoms with van der Waals surface area (Å²) in [5, 5.41) is 3.06. The maximum absolute atomic E-state index is 13.0. The minimum absolute atomic E-state index is 0.0153. The van der Waals surface area contributed by atoms with Crippen molar-refractivity contribution in [1.29, 1.82) is 0 Å². The highest BCUT2D eigenvalue weighted by Crippen LogP contribution is 2.26. The Labute approximate surface area is 102 Å². The average Bonchev–Trinajstić information content (AvgIpc) is 2.12. The number of rotatable bonds is 4. The quantitative estimate of drug-likeness (QED) is 0.820. The summed E-state index contributed by atoms with van der Waals surface area (Å²) >= 11 is 5.64. The molecule has 0 fully saturated rings. The van der Waals surface area contributed by atoms with E-state index < -0.39 is 16.6 Å². The summed E-state index contributed by atoms with van der Waals surface area (Å²) in [6.07, 6.45) is 1.62. The van der Waals surface area contributed by atoms with E-state index in [1.807, 2.05) is 6.92 Å². The molecule has 6 heteroatoms. The number of benzene rings is 1. The maximum Gasteiger partial charge on any atom is 0.143 e. The van der Waals surface area contributed by atoms with E-state index >= 15 is 0 Å². The van der Waals surface area contributed by atoms with Crippen molar-refractivity contribution in [3.63, 3.8) is 0 Å². The Bertz CT molecular complexity index is 414. The van der Waals surface area contributed by atoms with E-state index in [-0.39, 0.29) is 16.8 Å². The topological polar surface area (TPSA) is 55.1 Å². The second-order valence-corrected chi connectivity index (χ2v) is 5.53. The smallest absolute Gasteiger partial charge is 0.143 e. The molecule has 0 aliphatic carbocycles. The van der Waals surface area contributed by atoms with Gasteiger partial charge >= 0.3 is 0 Å². The molecule has 0 bridgehead atoms. The van der Waals surface area contributed by atoms with E-state index in [2.05, 4.69) is 5.32 Å². The fourth-order valence-electron chi connectivity index (χ4n) is 1.35. The summed E-state index contributed by atoms with van der Waals surface area (Å²) in [6, 6.07) is 2.58. The summed E-state index contributed by atoms with van der Waals surface area (Å²) in [5.41, 5.74) is 6.48. The predicted octanol–water partition coefficient (Wildman–Crippen LogP) is 2.24. The van der Waals surface area contributed by atoms with Crippen molar-refractivity contribution in [3.05, 3.63) is 23.0 Å².